The lowest BCUT2D eigenvalue weighted by atomic mass is 10.0. The van der Waals surface area contributed by atoms with Gasteiger partial charge in [-0.2, -0.15) is 0 Å². The molecule has 0 aliphatic carbocycles. The quantitative estimate of drug-likeness (QED) is 0.353. The van der Waals surface area contributed by atoms with Crippen LogP contribution in [0, 0.1) is 0 Å². The second-order valence-corrected chi connectivity index (χ2v) is 12.9. The summed E-state index contributed by atoms with van der Waals surface area (Å²) in [5.74, 6) is -0.607. The van der Waals surface area contributed by atoms with Gasteiger partial charge >= 0.3 is 0 Å². The molecule has 0 saturated carbocycles. The highest BCUT2D eigenvalue weighted by atomic mass is 35.5. The van der Waals surface area contributed by atoms with Gasteiger partial charge < -0.3 is 15.0 Å². The zero-order valence-corrected chi connectivity index (χ0v) is 25.0. The minimum absolute atomic E-state index is 0.0397. The van der Waals surface area contributed by atoms with Gasteiger partial charge in [-0.15, -0.1) is 0 Å². The third-order valence-electron chi connectivity index (χ3n) is 6.04. The molecule has 214 valence electrons. The molecule has 1 atom stereocenters. The summed E-state index contributed by atoms with van der Waals surface area (Å²) in [5, 5.41) is 3.48. The Balaban J connectivity index is 2.10. The summed E-state index contributed by atoms with van der Waals surface area (Å²) in [6.07, 6.45) is 1.25. The van der Waals surface area contributed by atoms with Crippen LogP contribution in [0.5, 0.6) is 5.75 Å². The molecule has 0 aromatic heterocycles. The number of ether oxygens (including phenoxy) is 1. The van der Waals surface area contributed by atoms with Crippen molar-refractivity contribution in [3.63, 3.8) is 0 Å². The van der Waals surface area contributed by atoms with Gasteiger partial charge in [-0.25, -0.2) is 8.42 Å². The van der Waals surface area contributed by atoms with E-state index in [4.69, 9.17) is 16.3 Å². The molecule has 0 radical (unpaired) electrons. The van der Waals surface area contributed by atoms with E-state index in [-0.39, 0.29) is 24.6 Å². The van der Waals surface area contributed by atoms with Gasteiger partial charge in [0.2, 0.25) is 21.8 Å². The number of benzene rings is 3. The Morgan fingerprint density at radius 1 is 0.950 bits per heavy atom. The molecule has 3 rings (SSSR count). The molecule has 0 spiro atoms. The van der Waals surface area contributed by atoms with Crippen molar-refractivity contribution in [2.24, 2.45) is 0 Å². The fraction of sp³-hybridized carbons (Fsp3) is 0.333. The van der Waals surface area contributed by atoms with Gasteiger partial charge in [0, 0.05) is 23.5 Å². The second kappa shape index (κ2) is 13.2. The highest BCUT2D eigenvalue weighted by Gasteiger charge is 2.34. The van der Waals surface area contributed by atoms with Crippen LogP contribution in [-0.4, -0.2) is 56.6 Å². The van der Waals surface area contributed by atoms with Crippen molar-refractivity contribution < 1.29 is 22.7 Å². The number of carbonyl (C=O) groups excluding carboxylic acids is 2. The number of hydrogen-bond acceptors (Lipinski definition) is 5. The molecule has 1 N–H and O–H groups in total. The van der Waals surface area contributed by atoms with E-state index in [1.807, 2.05) is 57.2 Å². The monoisotopic (exact) mass is 585 g/mol. The second-order valence-electron chi connectivity index (χ2n) is 10.5. The van der Waals surface area contributed by atoms with Crippen molar-refractivity contribution >= 4 is 39.1 Å². The Morgan fingerprint density at radius 2 is 1.57 bits per heavy atom. The smallest absolute Gasteiger partial charge is 0.244 e. The van der Waals surface area contributed by atoms with Gasteiger partial charge in [0.15, 0.2) is 0 Å². The van der Waals surface area contributed by atoms with E-state index >= 15 is 0 Å². The molecule has 40 heavy (non-hydrogen) atoms. The molecule has 3 aromatic carbocycles. The van der Waals surface area contributed by atoms with Crippen LogP contribution in [0.3, 0.4) is 0 Å². The van der Waals surface area contributed by atoms with E-state index in [9.17, 15) is 18.0 Å². The zero-order valence-electron chi connectivity index (χ0n) is 23.4. The van der Waals surface area contributed by atoms with Gasteiger partial charge in [0.25, 0.3) is 0 Å². The highest BCUT2D eigenvalue weighted by Crippen LogP contribution is 2.30. The van der Waals surface area contributed by atoms with Crippen LogP contribution in [0.2, 0.25) is 5.02 Å². The molecule has 0 bridgehead atoms. The fourth-order valence-electron chi connectivity index (χ4n) is 4.27. The molecule has 0 saturated heterocycles. The number of carbonyl (C=O) groups is 2. The maximum Gasteiger partial charge on any atom is 0.244 e. The molecule has 2 amide bonds. The Morgan fingerprint density at radius 3 is 2.17 bits per heavy atom. The number of amides is 2. The van der Waals surface area contributed by atoms with Crippen LogP contribution in [0.4, 0.5) is 5.69 Å². The van der Waals surface area contributed by atoms with E-state index in [0.717, 1.165) is 16.1 Å². The van der Waals surface area contributed by atoms with Crippen LogP contribution in [0.1, 0.15) is 31.9 Å². The molecule has 0 aliphatic rings. The normalized spacial score (nSPS) is 12.3. The first-order chi connectivity index (χ1) is 18.8. The van der Waals surface area contributed by atoms with Crippen LogP contribution in [0.15, 0.2) is 78.9 Å². The van der Waals surface area contributed by atoms with Crippen molar-refractivity contribution in [2.75, 3.05) is 24.2 Å². The van der Waals surface area contributed by atoms with E-state index in [1.54, 1.807) is 42.5 Å². The van der Waals surface area contributed by atoms with E-state index in [0.29, 0.717) is 16.3 Å². The third-order valence-corrected chi connectivity index (χ3v) is 7.41. The highest BCUT2D eigenvalue weighted by molar-refractivity contribution is 7.92. The minimum Gasteiger partial charge on any atom is -0.495 e. The van der Waals surface area contributed by atoms with Crippen LogP contribution < -0.4 is 14.4 Å². The molecule has 0 aliphatic heterocycles. The molecular weight excluding hydrogens is 550 g/mol. The average molecular weight is 586 g/mol. The number of nitrogens with one attached hydrogen (secondary N) is 1. The summed E-state index contributed by atoms with van der Waals surface area (Å²) in [6, 6.07) is 22.0. The first-order valence-electron chi connectivity index (χ1n) is 12.8. The number of methoxy groups -OCH3 is 1. The maximum absolute atomic E-state index is 14.1. The molecule has 3 aromatic rings. The number of nitrogens with zero attached hydrogens (tertiary/aromatic N) is 2. The Labute approximate surface area is 241 Å². The van der Waals surface area contributed by atoms with E-state index < -0.39 is 34.1 Å². The summed E-state index contributed by atoms with van der Waals surface area (Å²) in [6.45, 7) is 5.09. The van der Waals surface area contributed by atoms with Crippen molar-refractivity contribution in [2.45, 2.75) is 45.3 Å². The van der Waals surface area contributed by atoms with E-state index in [2.05, 4.69) is 5.32 Å². The van der Waals surface area contributed by atoms with Gasteiger partial charge in [-0.05, 0) is 56.2 Å². The molecule has 10 heteroatoms. The summed E-state index contributed by atoms with van der Waals surface area (Å²) in [5.41, 5.74) is 1.21. The Bertz CT molecular complexity index is 1420. The third kappa shape index (κ3) is 8.72. The SMILES string of the molecule is COc1ccccc1N(CC(=O)N(Cc1cccc(Cl)c1)[C@@H](Cc1ccccc1)C(=O)NC(C)(C)C)S(C)(=O)=O. The number of anilines is 1. The van der Waals surface area contributed by atoms with Crippen molar-refractivity contribution in [1.29, 1.82) is 0 Å². The van der Waals surface area contributed by atoms with Crippen LogP contribution in [0.25, 0.3) is 0 Å². The van der Waals surface area contributed by atoms with Crippen LogP contribution in [-0.2, 0) is 32.6 Å². The summed E-state index contributed by atoms with van der Waals surface area (Å²) in [4.78, 5) is 29.3. The number of rotatable bonds is 11. The lowest BCUT2D eigenvalue weighted by molar-refractivity contribution is -0.140. The topological polar surface area (TPSA) is 96.0 Å². The number of sulfonamides is 1. The molecule has 8 nitrogen and oxygen atoms in total. The predicted molar refractivity (Wildman–Crippen MR) is 159 cm³/mol. The van der Waals surface area contributed by atoms with Crippen molar-refractivity contribution in [3.8, 4) is 5.75 Å². The van der Waals surface area contributed by atoms with Gasteiger partial charge in [0.05, 0.1) is 19.1 Å². The first-order valence-corrected chi connectivity index (χ1v) is 15.0. The van der Waals surface area contributed by atoms with Crippen molar-refractivity contribution in [3.05, 3.63) is 95.0 Å². The molecular formula is C30H36ClN3O5S. The largest absolute Gasteiger partial charge is 0.495 e. The van der Waals surface area contributed by atoms with Gasteiger partial charge in [-0.3, -0.25) is 13.9 Å². The molecule has 0 unspecified atom stereocenters. The zero-order chi connectivity index (χ0) is 29.5. The predicted octanol–water partition coefficient (Wildman–Crippen LogP) is 4.67. The summed E-state index contributed by atoms with van der Waals surface area (Å²) >= 11 is 6.24. The number of halogens is 1. The summed E-state index contributed by atoms with van der Waals surface area (Å²) < 4.78 is 32.3. The molecule has 0 fully saturated rings. The summed E-state index contributed by atoms with van der Waals surface area (Å²) in [7, 11) is -2.48. The Kier molecular flexibility index (Phi) is 10.2. The van der Waals surface area contributed by atoms with Crippen molar-refractivity contribution in [1.82, 2.24) is 10.2 Å². The average Bonchev–Trinajstić information content (AvgIpc) is 2.88. The van der Waals surface area contributed by atoms with Crippen LogP contribution >= 0.6 is 11.6 Å². The lowest BCUT2D eigenvalue weighted by Crippen LogP contribution is -2.56. The Hall–Kier alpha value is -3.56. The fourth-order valence-corrected chi connectivity index (χ4v) is 5.34. The lowest BCUT2D eigenvalue weighted by Gasteiger charge is -2.35. The number of hydrogen-bond donors (Lipinski definition) is 1. The molecule has 0 heterocycles. The standard InChI is InChI=1S/C30H36ClN3O5S/c1-30(2,3)32-29(36)26(19-22-12-7-6-8-13-22)33(20-23-14-11-15-24(31)18-23)28(35)21-34(40(5,37)38)25-16-9-10-17-27(25)39-4/h6-18,26H,19-21H2,1-5H3,(H,32,36)/t26-/m0/s1. The number of para-hydroxylation sites is 2. The minimum atomic E-state index is -3.91. The van der Waals surface area contributed by atoms with E-state index in [1.165, 1.54) is 12.0 Å². The maximum atomic E-state index is 14.1. The van der Waals surface area contributed by atoms with Gasteiger partial charge in [-0.1, -0.05) is 66.2 Å². The van der Waals surface area contributed by atoms with Gasteiger partial charge in [0.1, 0.15) is 18.3 Å². The first kappa shape index (κ1) is 31.0.